The van der Waals surface area contributed by atoms with Gasteiger partial charge in [-0.2, -0.15) is 0 Å². The Morgan fingerprint density at radius 3 is 2.64 bits per heavy atom. The van der Waals surface area contributed by atoms with Crippen molar-refractivity contribution in [3.63, 3.8) is 0 Å². The fourth-order valence-electron chi connectivity index (χ4n) is 4.62. The van der Waals surface area contributed by atoms with Crippen molar-refractivity contribution < 1.29 is 14.6 Å². The minimum atomic E-state index is -0.511. The number of H-pyrrole nitrogens is 1. The molecule has 6 heteroatoms. The van der Waals surface area contributed by atoms with Gasteiger partial charge in [-0.05, 0) is 48.1 Å². The summed E-state index contributed by atoms with van der Waals surface area (Å²) in [5, 5.41) is 9.22. The van der Waals surface area contributed by atoms with Crippen molar-refractivity contribution in [2.75, 3.05) is 19.7 Å². The predicted octanol–water partition coefficient (Wildman–Crippen LogP) is 2.51. The molecule has 28 heavy (non-hydrogen) atoms. The molecule has 3 heterocycles. The average molecular weight is 382 g/mol. The quantitative estimate of drug-likeness (QED) is 0.853. The first-order chi connectivity index (χ1) is 13.6. The molecule has 2 aromatic rings. The van der Waals surface area contributed by atoms with Crippen LogP contribution < -0.4 is 10.3 Å². The van der Waals surface area contributed by atoms with Crippen LogP contribution >= 0.6 is 0 Å². The molecule has 1 aromatic carbocycles. The van der Waals surface area contributed by atoms with E-state index in [0.717, 1.165) is 61.2 Å². The molecule has 0 atom stereocenters. The molecular weight excluding hydrogens is 356 g/mol. The number of aliphatic hydroxyl groups excluding tert-OH is 1. The van der Waals surface area contributed by atoms with Crippen molar-refractivity contribution >= 4 is 0 Å². The van der Waals surface area contributed by atoms with E-state index in [-0.39, 0.29) is 5.56 Å². The lowest BCUT2D eigenvalue weighted by Gasteiger charge is -2.49. The molecule has 1 saturated carbocycles. The second-order valence-corrected chi connectivity index (χ2v) is 8.28. The molecule has 148 valence electrons. The molecule has 0 amide bonds. The van der Waals surface area contributed by atoms with E-state index in [1.54, 1.807) is 6.20 Å². The Labute approximate surface area is 164 Å². The Kier molecular flexibility index (Phi) is 4.50. The molecular formula is C22H26N2O4. The van der Waals surface area contributed by atoms with Gasteiger partial charge in [0.25, 0.3) is 0 Å². The van der Waals surface area contributed by atoms with E-state index in [4.69, 9.17) is 9.47 Å². The first-order valence-corrected chi connectivity index (χ1v) is 10.1. The number of hydrogen-bond acceptors (Lipinski definition) is 5. The van der Waals surface area contributed by atoms with E-state index in [0.29, 0.717) is 25.2 Å². The van der Waals surface area contributed by atoms with Gasteiger partial charge in [-0.1, -0.05) is 6.07 Å². The van der Waals surface area contributed by atoms with Gasteiger partial charge in [0.2, 0.25) is 11.3 Å². The van der Waals surface area contributed by atoms with Crippen LogP contribution in [0.5, 0.6) is 5.75 Å². The summed E-state index contributed by atoms with van der Waals surface area (Å²) in [7, 11) is 0. The molecule has 6 nitrogen and oxygen atoms in total. The van der Waals surface area contributed by atoms with Crippen LogP contribution in [0.4, 0.5) is 0 Å². The van der Waals surface area contributed by atoms with Gasteiger partial charge < -0.3 is 19.6 Å². The van der Waals surface area contributed by atoms with Crippen LogP contribution in [-0.4, -0.2) is 46.5 Å². The number of aliphatic hydroxyl groups is 1. The predicted molar refractivity (Wildman–Crippen MR) is 105 cm³/mol. The molecule has 0 radical (unpaired) electrons. The molecule has 1 aliphatic carbocycles. The van der Waals surface area contributed by atoms with Gasteiger partial charge in [0.15, 0.2) is 0 Å². The van der Waals surface area contributed by atoms with Crippen molar-refractivity contribution in [1.29, 1.82) is 0 Å². The third-order valence-corrected chi connectivity index (χ3v) is 6.51. The summed E-state index contributed by atoms with van der Waals surface area (Å²) >= 11 is 0. The van der Waals surface area contributed by atoms with Gasteiger partial charge in [0.05, 0.1) is 6.61 Å². The Bertz CT molecular complexity index is 890. The minimum Gasteiger partial charge on any atom is -0.462 e. The van der Waals surface area contributed by atoms with Crippen LogP contribution in [0.25, 0.3) is 11.1 Å². The molecule has 2 fully saturated rings. The summed E-state index contributed by atoms with van der Waals surface area (Å²) in [6.45, 7) is 2.82. The largest absolute Gasteiger partial charge is 0.462 e. The number of hydrogen-bond donors (Lipinski definition) is 2. The number of ether oxygens (including phenoxy) is 2. The summed E-state index contributed by atoms with van der Waals surface area (Å²) in [5.74, 6) is 0.881. The minimum absolute atomic E-state index is 0.101. The monoisotopic (exact) mass is 382 g/mol. The van der Waals surface area contributed by atoms with Gasteiger partial charge in [0.1, 0.15) is 5.75 Å². The Hall–Kier alpha value is -2.15. The van der Waals surface area contributed by atoms with Crippen LogP contribution in [0.2, 0.25) is 0 Å². The third-order valence-electron chi connectivity index (χ3n) is 6.51. The second-order valence-electron chi connectivity index (χ2n) is 8.28. The summed E-state index contributed by atoms with van der Waals surface area (Å²) < 4.78 is 12.6. The molecule has 1 saturated heterocycles. The maximum absolute atomic E-state index is 11.3. The highest BCUT2D eigenvalue weighted by Crippen LogP contribution is 2.41. The number of nitrogens with one attached hydrogen (secondary N) is 1. The molecule has 2 N–H and O–H groups in total. The van der Waals surface area contributed by atoms with Gasteiger partial charge >= 0.3 is 0 Å². The van der Waals surface area contributed by atoms with E-state index < -0.39 is 5.79 Å². The number of nitrogens with zero attached hydrogens (tertiary/aromatic N) is 1. The number of fused-ring (bicyclic) bond motifs is 1. The molecule has 1 aromatic heterocycles. The number of pyridine rings is 1. The molecule has 0 unspecified atom stereocenters. The highest BCUT2D eigenvalue weighted by molar-refractivity contribution is 5.64. The van der Waals surface area contributed by atoms with Crippen molar-refractivity contribution in [2.24, 2.45) is 5.92 Å². The first-order valence-electron chi connectivity index (χ1n) is 10.1. The number of rotatable bonds is 3. The normalized spacial score (nSPS) is 26.3. The standard InChI is InChI=1S/C22H26N2O4/c25-13-15-9-19(10-15)24-7-5-22(6-8-24)27-14-18-11-16(1-3-20(18)28-22)17-2-4-21(26)23-12-17/h1-4,11-12,15,19,25H,5-10,13-14H2,(H,23,26). The topological polar surface area (TPSA) is 74.8 Å². The zero-order valence-electron chi connectivity index (χ0n) is 15.9. The van der Waals surface area contributed by atoms with E-state index >= 15 is 0 Å². The van der Waals surface area contributed by atoms with Crippen molar-refractivity contribution in [3.05, 3.63) is 52.4 Å². The van der Waals surface area contributed by atoms with Crippen LogP contribution in [0, 0.1) is 5.92 Å². The Balaban J connectivity index is 1.26. The highest BCUT2D eigenvalue weighted by Gasteiger charge is 2.44. The van der Waals surface area contributed by atoms with Crippen LogP contribution in [-0.2, 0) is 11.3 Å². The lowest BCUT2D eigenvalue weighted by Crippen LogP contribution is -2.56. The third kappa shape index (κ3) is 3.26. The fourth-order valence-corrected chi connectivity index (χ4v) is 4.62. The average Bonchev–Trinajstić information content (AvgIpc) is 2.69. The molecule has 2 aliphatic heterocycles. The maximum Gasteiger partial charge on any atom is 0.247 e. The highest BCUT2D eigenvalue weighted by atomic mass is 16.7. The zero-order chi connectivity index (χ0) is 19.1. The van der Waals surface area contributed by atoms with Crippen molar-refractivity contribution in [2.45, 2.75) is 44.1 Å². The van der Waals surface area contributed by atoms with Crippen LogP contribution in [0.3, 0.4) is 0 Å². The summed E-state index contributed by atoms with van der Waals surface area (Å²) in [4.78, 5) is 16.5. The van der Waals surface area contributed by atoms with E-state index in [1.165, 1.54) is 6.07 Å². The lowest BCUT2D eigenvalue weighted by atomic mass is 9.79. The van der Waals surface area contributed by atoms with Gasteiger partial charge in [-0.25, -0.2) is 0 Å². The van der Waals surface area contributed by atoms with Crippen molar-refractivity contribution in [1.82, 2.24) is 9.88 Å². The zero-order valence-corrected chi connectivity index (χ0v) is 15.9. The number of aromatic nitrogens is 1. The molecule has 5 rings (SSSR count). The summed E-state index contributed by atoms with van der Waals surface area (Å²) in [6, 6.07) is 10.1. The van der Waals surface area contributed by atoms with E-state index in [2.05, 4.69) is 16.0 Å². The first kappa shape index (κ1) is 17.9. The number of piperidine rings is 1. The van der Waals surface area contributed by atoms with E-state index in [9.17, 15) is 9.90 Å². The fraction of sp³-hybridized carbons (Fsp3) is 0.500. The second kappa shape index (κ2) is 7.03. The maximum atomic E-state index is 11.3. The molecule has 3 aliphatic rings. The van der Waals surface area contributed by atoms with Crippen molar-refractivity contribution in [3.8, 4) is 16.9 Å². The number of aromatic amines is 1. The molecule has 1 spiro atoms. The Morgan fingerprint density at radius 1 is 1.14 bits per heavy atom. The number of likely N-dealkylation sites (tertiary alicyclic amines) is 1. The van der Waals surface area contributed by atoms with Gasteiger partial charge in [0, 0.05) is 56.4 Å². The van der Waals surface area contributed by atoms with Gasteiger partial charge in [-0.3, -0.25) is 9.69 Å². The van der Waals surface area contributed by atoms with Crippen LogP contribution in [0.15, 0.2) is 41.3 Å². The number of benzene rings is 1. The lowest BCUT2D eigenvalue weighted by molar-refractivity contribution is -0.232. The van der Waals surface area contributed by atoms with Gasteiger partial charge in [-0.15, -0.1) is 0 Å². The molecule has 0 bridgehead atoms. The van der Waals surface area contributed by atoms with E-state index in [1.807, 2.05) is 18.2 Å². The van der Waals surface area contributed by atoms with Crippen LogP contribution in [0.1, 0.15) is 31.2 Å². The summed E-state index contributed by atoms with van der Waals surface area (Å²) in [5.41, 5.74) is 2.95. The SMILES string of the molecule is O=c1ccc(-c2ccc3c(c2)COC2(CCN(C4CC(CO)C4)CC2)O3)c[nH]1. The summed E-state index contributed by atoms with van der Waals surface area (Å²) in [6.07, 6.45) is 5.69. The smallest absolute Gasteiger partial charge is 0.247 e. The Morgan fingerprint density at radius 2 is 1.93 bits per heavy atom.